The van der Waals surface area contributed by atoms with E-state index < -0.39 is 17.7 Å². The fourth-order valence-electron chi connectivity index (χ4n) is 2.30. The number of pyridine rings is 1. The van der Waals surface area contributed by atoms with Gasteiger partial charge in [0.15, 0.2) is 0 Å². The van der Waals surface area contributed by atoms with E-state index in [0.29, 0.717) is 10.7 Å². The Bertz CT molecular complexity index is 792. The molecule has 3 rings (SSSR count). The number of imide groups is 1. The highest BCUT2D eigenvalue weighted by molar-refractivity contribution is 6.32. The zero-order valence-electron chi connectivity index (χ0n) is 12.0. The van der Waals surface area contributed by atoms with Gasteiger partial charge in [0.2, 0.25) is 5.91 Å². The van der Waals surface area contributed by atoms with Crippen LogP contribution in [0.5, 0.6) is 0 Å². The van der Waals surface area contributed by atoms with E-state index in [-0.39, 0.29) is 24.2 Å². The Kier molecular flexibility index (Phi) is 4.08. The van der Waals surface area contributed by atoms with Crippen LogP contribution < -0.4 is 5.32 Å². The number of carbonyl (C=O) groups is 3. The normalized spacial score (nSPS) is 13.2. The van der Waals surface area contributed by atoms with E-state index in [0.717, 1.165) is 4.90 Å². The lowest BCUT2D eigenvalue weighted by atomic mass is 10.1. The highest BCUT2D eigenvalue weighted by Crippen LogP contribution is 2.25. The summed E-state index contributed by atoms with van der Waals surface area (Å²) in [5.41, 5.74) is 1.17. The van der Waals surface area contributed by atoms with Crippen molar-refractivity contribution < 1.29 is 14.4 Å². The van der Waals surface area contributed by atoms with Gasteiger partial charge in [0.25, 0.3) is 11.8 Å². The number of halogens is 1. The number of nitrogens with one attached hydrogen (secondary N) is 1. The molecule has 2 aromatic rings. The van der Waals surface area contributed by atoms with Crippen LogP contribution in [0.15, 0.2) is 42.6 Å². The molecule has 2 heterocycles. The second kappa shape index (κ2) is 6.18. The summed E-state index contributed by atoms with van der Waals surface area (Å²) in [6, 6.07) is 9.81. The predicted octanol–water partition coefficient (Wildman–Crippen LogP) is 1.65. The Hall–Kier alpha value is -2.73. The Morgan fingerprint density at radius 1 is 1.13 bits per heavy atom. The zero-order chi connectivity index (χ0) is 16.4. The Morgan fingerprint density at radius 2 is 1.91 bits per heavy atom. The number of rotatable bonds is 4. The lowest BCUT2D eigenvalue weighted by Gasteiger charge is -2.13. The van der Waals surface area contributed by atoms with E-state index in [4.69, 9.17) is 11.6 Å². The molecular formula is C16H12ClN3O3. The monoisotopic (exact) mass is 329 g/mol. The van der Waals surface area contributed by atoms with Crippen LogP contribution in [0.1, 0.15) is 26.4 Å². The van der Waals surface area contributed by atoms with E-state index in [9.17, 15) is 14.4 Å². The van der Waals surface area contributed by atoms with Crippen LogP contribution in [-0.4, -0.2) is 34.2 Å². The van der Waals surface area contributed by atoms with Gasteiger partial charge in [-0.15, -0.1) is 0 Å². The Balaban J connectivity index is 1.66. The molecule has 1 aromatic carbocycles. The molecule has 1 N–H and O–H groups in total. The number of carbonyl (C=O) groups excluding carboxylic acids is 3. The maximum atomic E-state index is 12.2. The third-order valence-electron chi connectivity index (χ3n) is 3.43. The largest absolute Gasteiger partial charge is 0.349 e. The first-order valence-corrected chi connectivity index (χ1v) is 7.26. The highest BCUT2D eigenvalue weighted by atomic mass is 35.5. The van der Waals surface area contributed by atoms with Crippen molar-refractivity contribution >= 4 is 29.3 Å². The van der Waals surface area contributed by atoms with Crippen LogP contribution in [0.25, 0.3) is 0 Å². The summed E-state index contributed by atoms with van der Waals surface area (Å²) in [6.07, 6.45) is 1.62. The quantitative estimate of drug-likeness (QED) is 0.865. The van der Waals surface area contributed by atoms with Crippen molar-refractivity contribution in [1.82, 2.24) is 15.2 Å². The van der Waals surface area contributed by atoms with Crippen LogP contribution in [0, 0.1) is 0 Å². The Labute approximate surface area is 137 Å². The fraction of sp³-hybridized carbons (Fsp3) is 0.125. The standard InChI is InChI=1S/C16H12ClN3O3/c17-10-4-5-12-13(7-10)16(23)20(15(12)22)9-14(21)19-8-11-3-1-2-6-18-11/h1-7H,8-9H2,(H,19,21). The van der Waals surface area contributed by atoms with Crippen LogP contribution in [0.2, 0.25) is 5.02 Å². The smallest absolute Gasteiger partial charge is 0.262 e. The first kappa shape index (κ1) is 15.2. The molecule has 23 heavy (non-hydrogen) atoms. The average Bonchev–Trinajstić information content (AvgIpc) is 2.78. The number of hydrogen-bond acceptors (Lipinski definition) is 4. The zero-order valence-corrected chi connectivity index (χ0v) is 12.7. The molecular weight excluding hydrogens is 318 g/mol. The molecule has 0 bridgehead atoms. The van der Waals surface area contributed by atoms with Gasteiger partial charge in [0.05, 0.1) is 23.4 Å². The second-order valence-electron chi connectivity index (χ2n) is 4.98. The molecule has 0 saturated heterocycles. The van der Waals surface area contributed by atoms with Gasteiger partial charge in [-0.3, -0.25) is 24.3 Å². The average molecular weight is 330 g/mol. The van der Waals surface area contributed by atoms with Crippen molar-refractivity contribution in [3.63, 3.8) is 0 Å². The van der Waals surface area contributed by atoms with Crippen LogP contribution in [0.3, 0.4) is 0 Å². The SMILES string of the molecule is O=C(CN1C(=O)c2ccc(Cl)cc2C1=O)NCc1ccccn1. The van der Waals surface area contributed by atoms with E-state index in [1.54, 1.807) is 18.3 Å². The molecule has 0 radical (unpaired) electrons. The predicted molar refractivity (Wildman–Crippen MR) is 82.9 cm³/mol. The molecule has 1 aliphatic rings. The Morgan fingerprint density at radius 3 is 2.65 bits per heavy atom. The van der Waals surface area contributed by atoms with Gasteiger partial charge in [0, 0.05) is 11.2 Å². The van der Waals surface area contributed by atoms with E-state index >= 15 is 0 Å². The molecule has 0 spiro atoms. The summed E-state index contributed by atoms with van der Waals surface area (Å²) in [5, 5.41) is 3.00. The number of hydrogen-bond donors (Lipinski definition) is 1. The molecule has 0 unspecified atom stereocenters. The molecule has 116 valence electrons. The van der Waals surface area contributed by atoms with Gasteiger partial charge in [-0.1, -0.05) is 17.7 Å². The third-order valence-corrected chi connectivity index (χ3v) is 3.66. The molecule has 0 saturated carbocycles. The maximum Gasteiger partial charge on any atom is 0.262 e. The summed E-state index contributed by atoms with van der Waals surface area (Å²) in [6.45, 7) is -0.106. The summed E-state index contributed by atoms with van der Waals surface area (Å²) in [5.74, 6) is -1.44. The van der Waals surface area contributed by atoms with Gasteiger partial charge in [-0.05, 0) is 30.3 Å². The minimum atomic E-state index is -0.513. The number of nitrogens with zero attached hydrogens (tertiary/aromatic N) is 2. The second-order valence-corrected chi connectivity index (χ2v) is 5.42. The van der Waals surface area contributed by atoms with Gasteiger partial charge in [0.1, 0.15) is 6.54 Å². The van der Waals surface area contributed by atoms with Crippen LogP contribution in [-0.2, 0) is 11.3 Å². The number of fused-ring (bicyclic) bond motifs is 1. The number of benzene rings is 1. The van der Waals surface area contributed by atoms with Crippen molar-refractivity contribution in [3.05, 3.63) is 64.4 Å². The van der Waals surface area contributed by atoms with E-state index in [1.165, 1.54) is 18.2 Å². The lowest BCUT2D eigenvalue weighted by molar-refractivity contribution is -0.121. The van der Waals surface area contributed by atoms with Crippen molar-refractivity contribution in [2.75, 3.05) is 6.54 Å². The third kappa shape index (κ3) is 3.07. The number of aromatic nitrogens is 1. The van der Waals surface area contributed by atoms with Crippen molar-refractivity contribution in [2.24, 2.45) is 0 Å². The van der Waals surface area contributed by atoms with Gasteiger partial charge in [-0.25, -0.2) is 0 Å². The first-order chi connectivity index (χ1) is 11.1. The van der Waals surface area contributed by atoms with Crippen molar-refractivity contribution in [1.29, 1.82) is 0 Å². The highest BCUT2D eigenvalue weighted by Gasteiger charge is 2.36. The number of amides is 3. The molecule has 0 fully saturated rings. The topological polar surface area (TPSA) is 79.4 Å². The lowest BCUT2D eigenvalue weighted by Crippen LogP contribution is -2.40. The van der Waals surface area contributed by atoms with Crippen molar-refractivity contribution in [3.8, 4) is 0 Å². The summed E-state index contributed by atoms with van der Waals surface area (Å²) in [4.78, 5) is 41.4. The summed E-state index contributed by atoms with van der Waals surface area (Å²) in [7, 11) is 0. The van der Waals surface area contributed by atoms with Crippen molar-refractivity contribution in [2.45, 2.75) is 6.54 Å². The molecule has 1 aliphatic heterocycles. The molecule has 0 atom stereocenters. The first-order valence-electron chi connectivity index (χ1n) is 6.88. The fourth-order valence-corrected chi connectivity index (χ4v) is 2.47. The summed E-state index contributed by atoms with van der Waals surface area (Å²) < 4.78 is 0. The van der Waals surface area contributed by atoms with Gasteiger partial charge in [-0.2, -0.15) is 0 Å². The minimum absolute atomic E-state index is 0.222. The van der Waals surface area contributed by atoms with Gasteiger partial charge < -0.3 is 5.32 Å². The maximum absolute atomic E-state index is 12.2. The van der Waals surface area contributed by atoms with Crippen LogP contribution in [0.4, 0.5) is 0 Å². The molecule has 0 aliphatic carbocycles. The van der Waals surface area contributed by atoms with Gasteiger partial charge >= 0.3 is 0 Å². The van der Waals surface area contributed by atoms with Crippen LogP contribution >= 0.6 is 11.6 Å². The minimum Gasteiger partial charge on any atom is -0.349 e. The summed E-state index contributed by atoms with van der Waals surface area (Å²) >= 11 is 5.84. The molecule has 1 aromatic heterocycles. The van der Waals surface area contributed by atoms with E-state index in [1.807, 2.05) is 6.07 Å². The van der Waals surface area contributed by atoms with E-state index in [2.05, 4.69) is 10.3 Å². The molecule has 3 amide bonds. The molecule has 6 nitrogen and oxygen atoms in total. The molecule has 7 heteroatoms.